The number of ether oxygens (including phenoxy) is 1. The Labute approximate surface area is 171 Å². The Morgan fingerprint density at radius 1 is 0.929 bits per heavy atom. The van der Waals surface area contributed by atoms with E-state index in [1.165, 1.54) is 45.6 Å². The monoisotopic (exact) mass is 390 g/mol. The van der Waals surface area contributed by atoms with Gasteiger partial charge < -0.3 is 9.84 Å². The van der Waals surface area contributed by atoms with Crippen molar-refractivity contribution >= 4 is 11.8 Å². The van der Waals surface area contributed by atoms with Crippen LogP contribution in [0.4, 0.5) is 0 Å². The SMILES string of the molecule is CCCCCCCC/C=C\CC(=O)/C=C/C=C/C=C/C(O)CCCC(=O)OC. The molecule has 1 unspecified atom stereocenters. The first kappa shape index (κ1) is 26.1. The maximum atomic E-state index is 11.7. The maximum Gasteiger partial charge on any atom is 0.305 e. The van der Waals surface area contributed by atoms with E-state index in [4.69, 9.17) is 0 Å². The second kappa shape index (κ2) is 19.8. The van der Waals surface area contributed by atoms with Crippen LogP contribution in [0.2, 0.25) is 0 Å². The summed E-state index contributed by atoms with van der Waals surface area (Å²) in [6.07, 6.45) is 24.3. The summed E-state index contributed by atoms with van der Waals surface area (Å²) >= 11 is 0. The first-order chi connectivity index (χ1) is 13.6. The van der Waals surface area contributed by atoms with Crippen molar-refractivity contribution in [1.29, 1.82) is 0 Å². The molecule has 4 heteroatoms. The summed E-state index contributed by atoms with van der Waals surface area (Å²) in [7, 11) is 1.36. The van der Waals surface area contributed by atoms with E-state index in [1.807, 2.05) is 6.08 Å². The van der Waals surface area contributed by atoms with E-state index in [-0.39, 0.29) is 11.8 Å². The number of allylic oxidation sites excluding steroid dienone is 7. The minimum Gasteiger partial charge on any atom is -0.469 e. The van der Waals surface area contributed by atoms with Crippen molar-refractivity contribution in [1.82, 2.24) is 0 Å². The smallest absolute Gasteiger partial charge is 0.305 e. The second-order valence-corrected chi connectivity index (χ2v) is 6.86. The Kier molecular flexibility index (Phi) is 18.4. The molecule has 0 bridgehead atoms. The van der Waals surface area contributed by atoms with Gasteiger partial charge in [-0.1, -0.05) is 81.6 Å². The van der Waals surface area contributed by atoms with Crippen molar-refractivity contribution in [2.24, 2.45) is 0 Å². The summed E-state index contributed by atoms with van der Waals surface area (Å²) in [5.74, 6) is -0.182. The number of carbonyl (C=O) groups excluding carboxylic acids is 2. The summed E-state index contributed by atoms with van der Waals surface area (Å²) in [5, 5.41) is 9.74. The van der Waals surface area contributed by atoms with Crippen LogP contribution in [0.15, 0.2) is 48.6 Å². The zero-order chi connectivity index (χ0) is 20.9. The van der Waals surface area contributed by atoms with Crippen molar-refractivity contribution < 1.29 is 19.4 Å². The first-order valence-corrected chi connectivity index (χ1v) is 10.5. The molecule has 0 saturated carbocycles. The molecule has 0 aromatic carbocycles. The molecule has 158 valence electrons. The number of carbonyl (C=O) groups is 2. The van der Waals surface area contributed by atoms with Gasteiger partial charge in [-0.2, -0.15) is 0 Å². The number of ketones is 1. The predicted octanol–water partition coefficient (Wildman–Crippen LogP) is 5.63. The third-order valence-corrected chi connectivity index (χ3v) is 4.27. The zero-order valence-corrected chi connectivity index (χ0v) is 17.6. The third-order valence-electron chi connectivity index (χ3n) is 4.27. The Balaban J connectivity index is 3.77. The van der Waals surface area contributed by atoms with Gasteiger partial charge in [0.25, 0.3) is 0 Å². The molecule has 0 aromatic rings. The molecule has 4 nitrogen and oxygen atoms in total. The Morgan fingerprint density at radius 3 is 2.39 bits per heavy atom. The molecule has 0 fully saturated rings. The fourth-order valence-electron chi connectivity index (χ4n) is 2.57. The first-order valence-electron chi connectivity index (χ1n) is 10.5. The summed E-state index contributed by atoms with van der Waals surface area (Å²) in [4.78, 5) is 22.7. The highest BCUT2D eigenvalue weighted by Gasteiger charge is 2.02. The van der Waals surface area contributed by atoms with E-state index in [2.05, 4.69) is 17.7 Å². The van der Waals surface area contributed by atoms with Gasteiger partial charge in [-0.15, -0.1) is 0 Å². The van der Waals surface area contributed by atoms with E-state index >= 15 is 0 Å². The molecule has 0 heterocycles. The molecule has 0 aliphatic rings. The van der Waals surface area contributed by atoms with Gasteiger partial charge >= 0.3 is 5.97 Å². The quantitative estimate of drug-likeness (QED) is 0.115. The molecule has 0 saturated heterocycles. The van der Waals surface area contributed by atoms with Crippen LogP contribution in [0.25, 0.3) is 0 Å². The normalized spacial score (nSPS) is 13.2. The number of aliphatic hydroxyl groups is 1. The van der Waals surface area contributed by atoms with Crippen LogP contribution in [0.1, 0.15) is 77.6 Å². The highest BCUT2D eigenvalue weighted by molar-refractivity contribution is 5.90. The lowest BCUT2D eigenvalue weighted by atomic mass is 10.1. The predicted molar refractivity (Wildman–Crippen MR) is 116 cm³/mol. The number of aliphatic hydroxyl groups excluding tert-OH is 1. The highest BCUT2D eigenvalue weighted by atomic mass is 16.5. The van der Waals surface area contributed by atoms with Crippen molar-refractivity contribution in [2.75, 3.05) is 7.11 Å². The molecule has 1 N–H and O–H groups in total. The van der Waals surface area contributed by atoms with E-state index in [1.54, 1.807) is 36.5 Å². The highest BCUT2D eigenvalue weighted by Crippen LogP contribution is 2.07. The number of esters is 1. The molecule has 0 rings (SSSR count). The summed E-state index contributed by atoms with van der Waals surface area (Å²) in [6.45, 7) is 2.23. The number of hydrogen-bond acceptors (Lipinski definition) is 4. The van der Waals surface area contributed by atoms with E-state index < -0.39 is 6.10 Å². The summed E-state index contributed by atoms with van der Waals surface area (Å²) in [6, 6.07) is 0. The lowest BCUT2D eigenvalue weighted by Crippen LogP contribution is -2.05. The van der Waals surface area contributed by atoms with Gasteiger partial charge in [-0.05, 0) is 31.8 Å². The molecule has 1 atom stereocenters. The average Bonchev–Trinajstić information content (AvgIpc) is 2.69. The maximum absolute atomic E-state index is 11.7. The lowest BCUT2D eigenvalue weighted by molar-refractivity contribution is -0.140. The van der Waals surface area contributed by atoms with Gasteiger partial charge in [-0.25, -0.2) is 0 Å². The second-order valence-electron chi connectivity index (χ2n) is 6.86. The van der Waals surface area contributed by atoms with Crippen LogP contribution < -0.4 is 0 Å². The fourth-order valence-corrected chi connectivity index (χ4v) is 2.57. The number of hydrogen-bond donors (Lipinski definition) is 1. The minimum atomic E-state index is -0.586. The fraction of sp³-hybridized carbons (Fsp3) is 0.583. The molecular formula is C24H38O4. The van der Waals surface area contributed by atoms with E-state index in [0.717, 1.165) is 6.42 Å². The molecule has 0 spiro atoms. The van der Waals surface area contributed by atoms with Crippen molar-refractivity contribution in [2.45, 2.75) is 83.7 Å². The molecule has 28 heavy (non-hydrogen) atoms. The van der Waals surface area contributed by atoms with Crippen LogP contribution in [-0.2, 0) is 14.3 Å². The van der Waals surface area contributed by atoms with Gasteiger partial charge in [-0.3, -0.25) is 9.59 Å². The largest absolute Gasteiger partial charge is 0.469 e. The number of rotatable bonds is 17. The van der Waals surface area contributed by atoms with E-state index in [0.29, 0.717) is 25.7 Å². The van der Waals surface area contributed by atoms with Gasteiger partial charge in [0.2, 0.25) is 0 Å². The van der Waals surface area contributed by atoms with Crippen molar-refractivity contribution in [3.05, 3.63) is 48.6 Å². The van der Waals surface area contributed by atoms with Crippen LogP contribution >= 0.6 is 0 Å². The molecule has 0 aliphatic carbocycles. The Bertz CT molecular complexity index is 515. The van der Waals surface area contributed by atoms with Crippen LogP contribution in [-0.4, -0.2) is 30.1 Å². The average molecular weight is 391 g/mol. The van der Waals surface area contributed by atoms with Crippen LogP contribution in [0.5, 0.6) is 0 Å². The Hall–Kier alpha value is -1.94. The van der Waals surface area contributed by atoms with Crippen LogP contribution in [0, 0.1) is 0 Å². The van der Waals surface area contributed by atoms with Gasteiger partial charge in [0.05, 0.1) is 13.2 Å². The third kappa shape index (κ3) is 18.8. The summed E-state index contributed by atoms with van der Waals surface area (Å²) in [5.41, 5.74) is 0. The molecule has 0 radical (unpaired) electrons. The van der Waals surface area contributed by atoms with Gasteiger partial charge in [0.1, 0.15) is 0 Å². The molecular weight excluding hydrogens is 352 g/mol. The number of methoxy groups -OCH3 is 1. The van der Waals surface area contributed by atoms with Crippen LogP contribution in [0.3, 0.4) is 0 Å². The Morgan fingerprint density at radius 2 is 1.64 bits per heavy atom. The standard InChI is InChI=1S/C24H38O4/c1-3-4-5-6-7-8-9-10-13-17-22(25)18-14-11-12-15-19-23(26)20-16-21-24(27)28-2/h10-15,18-19,23,26H,3-9,16-17,20-21H2,1-2H3/b12-11+,13-10-,18-14+,19-15+. The topological polar surface area (TPSA) is 63.6 Å². The zero-order valence-electron chi connectivity index (χ0n) is 17.6. The van der Waals surface area contributed by atoms with Gasteiger partial charge in [0, 0.05) is 12.8 Å². The van der Waals surface area contributed by atoms with Crippen molar-refractivity contribution in [3.8, 4) is 0 Å². The van der Waals surface area contributed by atoms with Gasteiger partial charge in [0.15, 0.2) is 5.78 Å². The lowest BCUT2D eigenvalue weighted by Gasteiger charge is -2.03. The number of unbranched alkanes of at least 4 members (excludes halogenated alkanes) is 6. The van der Waals surface area contributed by atoms with E-state index in [9.17, 15) is 14.7 Å². The summed E-state index contributed by atoms with van der Waals surface area (Å²) < 4.78 is 4.55. The van der Waals surface area contributed by atoms with Crippen molar-refractivity contribution in [3.63, 3.8) is 0 Å². The molecule has 0 aliphatic heterocycles. The molecule has 0 aromatic heterocycles. The molecule has 0 amide bonds. The minimum absolute atomic E-state index is 0.0793.